The molecule has 0 radical (unpaired) electrons. The highest BCUT2D eigenvalue weighted by Gasteiger charge is 2.21. The number of carbonyl (C=O) groups excluding carboxylic acids is 1. The van der Waals surface area contributed by atoms with Gasteiger partial charge in [0.15, 0.2) is 5.16 Å². The standard InChI is InChI=1S/C26H29Cl2N5OS/c1-18(2)16-29-25(34)20-9-7-19(8-10-20)17-35-26-30-23(28)15-24(31-26)33-13-11-32(12-14-33)22-6-4-3-5-21(22)27/h3-10,15,18H,11-14,16-17H2,1-2H3,(H,29,34). The maximum absolute atomic E-state index is 12.2. The van der Waals surface area contributed by atoms with Crippen molar-refractivity contribution in [3.05, 3.63) is 75.9 Å². The number of anilines is 2. The average Bonchev–Trinajstić information content (AvgIpc) is 2.86. The van der Waals surface area contributed by atoms with Gasteiger partial charge in [0.25, 0.3) is 5.91 Å². The van der Waals surface area contributed by atoms with Gasteiger partial charge in [0.1, 0.15) is 11.0 Å². The number of thioether (sulfide) groups is 1. The second kappa shape index (κ2) is 12.0. The molecule has 1 amide bonds. The molecule has 0 spiro atoms. The fourth-order valence-electron chi connectivity index (χ4n) is 3.80. The van der Waals surface area contributed by atoms with Gasteiger partial charge in [-0.2, -0.15) is 0 Å². The second-order valence-electron chi connectivity index (χ2n) is 8.85. The Labute approximate surface area is 221 Å². The van der Waals surface area contributed by atoms with Crippen LogP contribution in [0.15, 0.2) is 59.8 Å². The third-order valence-electron chi connectivity index (χ3n) is 5.71. The fourth-order valence-corrected chi connectivity index (χ4v) is 5.09. The number of aromatic nitrogens is 2. The Morgan fingerprint density at radius 3 is 2.37 bits per heavy atom. The first-order chi connectivity index (χ1) is 16.9. The molecule has 0 aliphatic carbocycles. The maximum Gasteiger partial charge on any atom is 0.251 e. The van der Waals surface area contributed by atoms with E-state index in [1.807, 2.05) is 48.5 Å². The Morgan fingerprint density at radius 1 is 1.00 bits per heavy atom. The van der Waals surface area contributed by atoms with Crippen LogP contribution in [0.25, 0.3) is 0 Å². The Balaban J connectivity index is 1.34. The lowest BCUT2D eigenvalue weighted by molar-refractivity contribution is 0.0949. The van der Waals surface area contributed by atoms with Crippen molar-refractivity contribution in [1.82, 2.24) is 15.3 Å². The zero-order valence-corrected chi connectivity index (χ0v) is 22.2. The third-order valence-corrected chi connectivity index (χ3v) is 7.14. The third kappa shape index (κ3) is 7.03. The molecular weight excluding hydrogens is 501 g/mol. The lowest BCUT2D eigenvalue weighted by atomic mass is 10.1. The molecule has 3 aromatic rings. The molecule has 0 atom stereocenters. The molecule has 1 aliphatic heterocycles. The minimum absolute atomic E-state index is 0.0460. The van der Waals surface area contributed by atoms with Gasteiger partial charge in [-0.1, -0.05) is 73.1 Å². The van der Waals surface area contributed by atoms with Crippen LogP contribution in [0.2, 0.25) is 10.2 Å². The summed E-state index contributed by atoms with van der Waals surface area (Å²) in [5.41, 5.74) is 2.82. The Bertz CT molecular complexity index is 1150. The summed E-state index contributed by atoms with van der Waals surface area (Å²) in [6.45, 7) is 8.16. The molecule has 6 nitrogen and oxygen atoms in total. The van der Waals surface area contributed by atoms with Gasteiger partial charge in [0.2, 0.25) is 0 Å². The first-order valence-electron chi connectivity index (χ1n) is 11.7. The smallest absolute Gasteiger partial charge is 0.251 e. The predicted molar refractivity (Wildman–Crippen MR) is 146 cm³/mol. The van der Waals surface area contributed by atoms with Crippen molar-refractivity contribution < 1.29 is 4.79 Å². The number of carbonyl (C=O) groups is 1. The van der Waals surface area contributed by atoms with Crippen LogP contribution in [0.1, 0.15) is 29.8 Å². The van der Waals surface area contributed by atoms with Crippen LogP contribution in [0, 0.1) is 5.92 Å². The van der Waals surface area contributed by atoms with Crippen LogP contribution in [0.5, 0.6) is 0 Å². The van der Waals surface area contributed by atoms with E-state index < -0.39 is 0 Å². The highest BCUT2D eigenvalue weighted by Crippen LogP contribution is 2.28. The Hall–Kier alpha value is -2.48. The SMILES string of the molecule is CC(C)CNC(=O)c1ccc(CSc2nc(Cl)cc(N3CCN(c4ccccc4Cl)CC3)n2)cc1. The van der Waals surface area contributed by atoms with E-state index in [4.69, 9.17) is 28.2 Å². The molecule has 0 unspecified atom stereocenters. The summed E-state index contributed by atoms with van der Waals surface area (Å²) >= 11 is 14.2. The molecule has 1 aliphatic rings. The highest BCUT2D eigenvalue weighted by molar-refractivity contribution is 7.98. The topological polar surface area (TPSA) is 61.4 Å². The summed E-state index contributed by atoms with van der Waals surface area (Å²) < 4.78 is 0. The van der Waals surface area contributed by atoms with Crippen LogP contribution in [0.4, 0.5) is 11.5 Å². The molecule has 1 fully saturated rings. The number of benzene rings is 2. The van der Waals surface area contributed by atoms with Crippen molar-refractivity contribution >= 4 is 52.4 Å². The lowest BCUT2D eigenvalue weighted by Gasteiger charge is -2.37. The molecule has 2 heterocycles. The summed E-state index contributed by atoms with van der Waals surface area (Å²) in [7, 11) is 0. The van der Waals surface area contributed by atoms with E-state index in [-0.39, 0.29) is 5.91 Å². The number of piperazine rings is 1. The molecule has 35 heavy (non-hydrogen) atoms. The number of hydrogen-bond acceptors (Lipinski definition) is 6. The zero-order chi connectivity index (χ0) is 24.8. The summed E-state index contributed by atoms with van der Waals surface area (Å²) in [6, 6.07) is 17.4. The number of para-hydroxylation sites is 1. The van der Waals surface area contributed by atoms with Crippen LogP contribution < -0.4 is 15.1 Å². The van der Waals surface area contributed by atoms with Crippen LogP contribution in [-0.2, 0) is 5.75 Å². The van der Waals surface area contributed by atoms with Crippen molar-refractivity contribution in [2.24, 2.45) is 5.92 Å². The number of halogens is 2. The van der Waals surface area contributed by atoms with E-state index in [0.29, 0.717) is 34.1 Å². The van der Waals surface area contributed by atoms with Gasteiger partial charge in [-0.15, -0.1) is 0 Å². The van der Waals surface area contributed by atoms with Gasteiger partial charge in [0.05, 0.1) is 10.7 Å². The van der Waals surface area contributed by atoms with Crippen LogP contribution in [-0.4, -0.2) is 48.6 Å². The molecule has 4 rings (SSSR count). The number of nitrogens with one attached hydrogen (secondary N) is 1. The monoisotopic (exact) mass is 529 g/mol. The van der Waals surface area contributed by atoms with Crippen molar-refractivity contribution in [3.8, 4) is 0 Å². The maximum atomic E-state index is 12.2. The molecule has 1 saturated heterocycles. The molecule has 0 saturated carbocycles. The van der Waals surface area contributed by atoms with E-state index in [1.54, 1.807) is 0 Å². The van der Waals surface area contributed by atoms with Gasteiger partial charge in [-0.05, 0) is 35.7 Å². The van der Waals surface area contributed by atoms with Crippen LogP contribution in [0.3, 0.4) is 0 Å². The van der Waals surface area contributed by atoms with E-state index >= 15 is 0 Å². The fraction of sp³-hybridized carbons (Fsp3) is 0.346. The summed E-state index contributed by atoms with van der Waals surface area (Å²) in [5, 5.41) is 4.79. The van der Waals surface area contributed by atoms with Crippen molar-refractivity contribution in [2.75, 3.05) is 42.5 Å². The first-order valence-corrected chi connectivity index (χ1v) is 13.4. The molecule has 2 aromatic carbocycles. The minimum Gasteiger partial charge on any atom is -0.367 e. The number of nitrogens with zero attached hydrogens (tertiary/aromatic N) is 4. The molecule has 1 N–H and O–H groups in total. The molecule has 0 bridgehead atoms. The van der Waals surface area contributed by atoms with Gasteiger partial charge in [-0.25, -0.2) is 9.97 Å². The average molecular weight is 531 g/mol. The number of amides is 1. The van der Waals surface area contributed by atoms with Gasteiger partial charge in [-0.3, -0.25) is 4.79 Å². The number of rotatable bonds is 8. The molecular formula is C26H29Cl2N5OS. The van der Waals surface area contributed by atoms with E-state index in [2.05, 4.69) is 40.0 Å². The lowest BCUT2D eigenvalue weighted by Crippen LogP contribution is -2.47. The Kier molecular flexibility index (Phi) is 8.76. The second-order valence-corrected chi connectivity index (χ2v) is 10.6. The van der Waals surface area contributed by atoms with Crippen LogP contribution >= 0.6 is 35.0 Å². The zero-order valence-electron chi connectivity index (χ0n) is 19.9. The Morgan fingerprint density at radius 2 is 1.69 bits per heavy atom. The minimum atomic E-state index is -0.0460. The number of hydrogen-bond donors (Lipinski definition) is 1. The highest BCUT2D eigenvalue weighted by atomic mass is 35.5. The molecule has 9 heteroatoms. The molecule has 184 valence electrons. The van der Waals surface area contributed by atoms with Crippen molar-refractivity contribution in [1.29, 1.82) is 0 Å². The normalized spacial score (nSPS) is 13.9. The summed E-state index contributed by atoms with van der Waals surface area (Å²) in [5.74, 6) is 1.90. The van der Waals surface area contributed by atoms with Crippen molar-refractivity contribution in [2.45, 2.75) is 24.8 Å². The predicted octanol–water partition coefficient (Wildman–Crippen LogP) is 5.79. The van der Waals surface area contributed by atoms with E-state index in [0.717, 1.165) is 48.3 Å². The quantitative estimate of drug-likeness (QED) is 0.226. The van der Waals surface area contributed by atoms with Gasteiger partial charge < -0.3 is 15.1 Å². The van der Waals surface area contributed by atoms with Crippen molar-refractivity contribution in [3.63, 3.8) is 0 Å². The van der Waals surface area contributed by atoms with Gasteiger partial charge in [0, 0.05) is 50.1 Å². The molecule has 1 aromatic heterocycles. The summed E-state index contributed by atoms with van der Waals surface area (Å²) in [6.07, 6.45) is 0. The van der Waals surface area contributed by atoms with E-state index in [9.17, 15) is 4.79 Å². The van der Waals surface area contributed by atoms with E-state index in [1.165, 1.54) is 11.8 Å². The summed E-state index contributed by atoms with van der Waals surface area (Å²) in [4.78, 5) is 25.9. The first kappa shape index (κ1) is 25.6. The largest absolute Gasteiger partial charge is 0.367 e. The van der Waals surface area contributed by atoms with Gasteiger partial charge >= 0.3 is 0 Å².